The van der Waals surface area contributed by atoms with Gasteiger partial charge in [-0.2, -0.15) is 0 Å². The third-order valence-electron chi connectivity index (χ3n) is 1.28. The molecule has 94 valence electrons. The van der Waals surface area contributed by atoms with Crippen LogP contribution in [0.25, 0.3) is 0 Å². The molecule has 0 spiro atoms. The Morgan fingerprint density at radius 1 is 1.06 bits per heavy atom. The molecule has 1 rings (SSSR count). The second kappa shape index (κ2) is 24.6. The fourth-order valence-corrected chi connectivity index (χ4v) is 0.759. The number of hydrogen-bond donors (Lipinski definition) is 0. The van der Waals surface area contributed by atoms with Gasteiger partial charge in [-0.05, 0) is 5.56 Å². The SMILES string of the molecule is CC(=O)OCc1ccccc1.[C-]#[O+].[C-]#[O+].[C-]#[O+].[Cr]. The number of ether oxygens (including phenoxy) is 1. The maximum absolute atomic E-state index is 10.4. The van der Waals surface area contributed by atoms with E-state index in [1.165, 1.54) is 6.92 Å². The minimum absolute atomic E-state index is 0. The first-order chi connectivity index (χ1) is 8.29. The van der Waals surface area contributed by atoms with Gasteiger partial charge in [-0.15, -0.1) is 0 Å². The molecule has 0 bridgehead atoms. The van der Waals surface area contributed by atoms with E-state index in [1.807, 2.05) is 30.3 Å². The third kappa shape index (κ3) is 19.9. The molecular formula is C12H10CrO5. The Bertz CT molecular complexity index is 328. The van der Waals surface area contributed by atoms with Gasteiger partial charge in [-0.3, -0.25) is 4.79 Å². The van der Waals surface area contributed by atoms with Gasteiger partial charge in [0.05, 0.1) is 0 Å². The summed E-state index contributed by atoms with van der Waals surface area (Å²) in [5.41, 5.74) is 1.02. The zero-order valence-electron chi connectivity index (χ0n) is 9.54. The van der Waals surface area contributed by atoms with Crippen molar-refractivity contribution in [3.63, 3.8) is 0 Å². The number of rotatable bonds is 2. The van der Waals surface area contributed by atoms with Gasteiger partial charge in [0.15, 0.2) is 0 Å². The van der Waals surface area contributed by atoms with E-state index in [2.05, 4.69) is 20.0 Å². The van der Waals surface area contributed by atoms with Crippen molar-refractivity contribution in [3.8, 4) is 0 Å². The fraction of sp³-hybridized carbons (Fsp3) is 0.167. The van der Waals surface area contributed by atoms with E-state index in [0.29, 0.717) is 6.61 Å². The van der Waals surface area contributed by atoms with Crippen LogP contribution in [-0.4, -0.2) is 5.97 Å². The maximum Gasteiger partial charge on any atom is 0 e. The van der Waals surface area contributed by atoms with Crippen molar-refractivity contribution in [2.75, 3.05) is 0 Å². The van der Waals surface area contributed by atoms with Gasteiger partial charge < -0.3 is 4.74 Å². The standard InChI is InChI=1S/C9H10O2.3CO.Cr/c1-8(10)11-7-9-5-3-2-4-6-9;3*1-2;/h2-6H,7H2,1H3;;;;. The summed E-state index contributed by atoms with van der Waals surface area (Å²) < 4.78 is 27.3. The second-order valence-corrected chi connectivity index (χ2v) is 2.27. The molecule has 0 N–H and O–H groups in total. The van der Waals surface area contributed by atoms with Crippen LogP contribution < -0.4 is 0 Å². The monoisotopic (exact) mass is 286 g/mol. The largest absolute Gasteiger partial charge is 0 e. The fourth-order valence-electron chi connectivity index (χ4n) is 0.759. The number of hydrogen-bond acceptors (Lipinski definition) is 2. The van der Waals surface area contributed by atoms with Crippen LogP contribution in [0.5, 0.6) is 0 Å². The summed E-state index contributed by atoms with van der Waals surface area (Å²) in [6, 6.07) is 9.60. The normalized spacial score (nSPS) is 5.94. The molecule has 1 aromatic rings. The van der Waals surface area contributed by atoms with Gasteiger partial charge in [0.2, 0.25) is 0 Å². The van der Waals surface area contributed by atoms with E-state index in [-0.39, 0.29) is 23.3 Å². The Kier molecular flexibility index (Phi) is 34.6. The topological polar surface area (TPSA) is 86.0 Å². The zero-order valence-corrected chi connectivity index (χ0v) is 10.8. The Morgan fingerprint density at radius 2 is 1.44 bits per heavy atom. The first kappa shape index (κ1) is 25.3. The first-order valence-corrected chi connectivity index (χ1v) is 4.07. The first-order valence-electron chi connectivity index (χ1n) is 4.07. The summed E-state index contributed by atoms with van der Waals surface area (Å²) >= 11 is 0. The smallest absolute Gasteiger partial charge is 0 e. The van der Waals surface area contributed by atoms with Crippen molar-refractivity contribution in [2.24, 2.45) is 0 Å². The quantitative estimate of drug-likeness (QED) is 0.470. The zero-order chi connectivity index (χ0) is 14.1. The van der Waals surface area contributed by atoms with Crippen molar-refractivity contribution in [1.29, 1.82) is 0 Å². The molecule has 18 heavy (non-hydrogen) atoms. The van der Waals surface area contributed by atoms with Crippen LogP contribution in [0, 0.1) is 20.0 Å². The maximum atomic E-state index is 10.4. The van der Waals surface area contributed by atoms with Gasteiger partial charge in [0.1, 0.15) is 6.61 Å². The van der Waals surface area contributed by atoms with Gasteiger partial charge in [-0.1, -0.05) is 30.3 Å². The summed E-state index contributed by atoms with van der Waals surface area (Å²) in [5, 5.41) is 0. The third-order valence-corrected chi connectivity index (χ3v) is 1.28. The van der Waals surface area contributed by atoms with E-state index < -0.39 is 0 Å². The molecule has 5 nitrogen and oxygen atoms in total. The Balaban J connectivity index is -0.000000123. The Morgan fingerprint density at radius 3 is 1.78 bits per heavy atom. The summed E-state index contributed by atoms with van der Waals surface area (Å²) in [5.74, 6) is -0.242. The molecule has 0 atom stereocenters. The predicted molar refractivity (Wildman–Crippen MR) is 53.7 cm³/mol. The van der Waals surface area contributed by atoms with Crippen molar-refractivity contribution < 1.29 is 40.8 Å². The number of esters is 1. The van der Waals surface area contributed by atoms with E-state index in [1.54, 1.807) is 0 Å². The van der Waals surface area contributed by atoms with Crippen LogP contribution in [0.3, 0.4) is 0 Å². The number of carbonyl (C=O) groups excluding carboxylic acids is 1. The van der Waals surface area contributed by atoms with Crippen LogP contribution in [0.1, 0.15) is 12.5 Å². The average Bonchev–Trinajstić information content (AvgIpc) is 2.44. The molecule has 6 heteroatoms. The van der Waals surface area contributed by atoms with Crippen molar-refractivity contribution in [2.45, 2.75) is 13.5 Å². The van der Waals surface area contributed by atoms with E-state index in [4.69, 9.17) is 18.7 Å². The van der Waals surface area contributed by atoms with Crippen LogP contribution in [0.4, 0.5) is 0 Å². The van der Waals surface area contributed by atoms with Gasteiger partial charge in [0.25, 0.3) is 0 Å². The summed E-state index contributed by atoms with van der Waals surface area (Å²) in [4.78, 5) is 10.4. The molecule has 0 saturated heterocycles. The summed E-state index contributed by atoms with van der Waals surface area (Å²) in [6.07, 6.45) is 0. The Hall–Kier alpha value is -1.56. The summed E-state index contributed by atoms with van der Waals surface area (Å²) in [6.45, 7) is 15.3. The predicted octanol–water partition coefficient (Wildman–Crippen LogP) is 1.63. The molecule has 0 unspecified atom stereocenters. The molecule has 0 fully saturated rings. The number of carbonyl (C=O) groups is 1. The van der Waals surface area contributed by atoms with Crippen LogP contribution in [0.15, 0.2) is 30.3 Å². The molecule has 0 heterocycles. The van der Waals surface area contributed by atoms with Crippen molar-refractivity contribution in [1.82, 2.24) is 0 Å². The van der Waals surface area contributed by atoms with Crippen LogP contribution >= 0.6 is 0 Å². The van der Waals surface area contributed by atoms with Gasteiger partial charge in [0, 0.05) is 24.3 Å². The molecule has 0 saturated carbocycles. The van der Waals surface area contributed by atoms with Crippen molar-refractivity contribution >= 4 is 5.97 Å². The molecule has 0 aliphatic heterocycles. The van der Waals surface area contributed by atoms with Gasteiger partial charge >= 0.3 is 39.9 Å². The molecule has 0 amide bonds. The second-order valence-electron chi connectivity index (χ2n) is 2.27. The van der Waals surface area contributed by atoms with E-state index >= 15 is 0 Å². The average molecular weight is 286 g/mol. The molecule has 1 aromatic carbocycles. The Labute approximate surface area is 116 Å². The van der Waals surface area contributed by atoms with E-state index in [0.717, 1.165) is 5.56 Å². The van der Waals surface area contributed by atoms with E-state index in [9.17, 15) is 4.79 Å². The molecular weight excluding hydrogens is 276 g/mol. The molecule has 0 radical (unpaired) electrons. The molecule has 0 aromatic heterocycles. The molecule has 0 aliphatic rings. The summed E-state index contributed by atoms with van der Waals surface area (Å²) in [7, 11) is 0. The minimum Gasteiger partial charge on any atom is 0 e. The minimum atomic E-state index is -0.242. The van der Waals surface area contributed by atoms with Crippen molar-refractivity contribution in [3.05, 3.63) is 55.8 Å². The molecule has 0 aliphatic carbocycles. The van der Waals surface area contributed by atoms with Gasteiger partial charge in [-0.25, -0.2) is 0 Å². The van der Waals surface area contributed by atoms with Crippen LogP contribution in [-0.2, 0) is 47.5 Å². The number of benzene rings is 1. The van der Waals surface area contributed by atoms with Crippen LogP contribution in [0.2, 0.25) is 0 Å².